The molecule has 7 heteroatoms. The van der Waals surface area contributed by atoms with Gasteiger partial charge < -0.3 is 9.47 Å². The maximum absolute atomic E-state index is 11.1. The first-order chi connectivity index (χ1) is 7.91. The van der Waals surface area contributed by atoms with Crippen LogP contribution in [0, 0.1) is 0 Å². The molecule has 0 aliphatic heterocycles. The summed E-state index contributed by atoms with van der Waals surface area (Å²) in [4.78, 5) is 0.798. The molecule has 1 rings (SSSR count). The second-order valence-corrected chi connectivity index (χ2v) is 6.83. The molecule has 0 unspecified atom stereocenters. The Labute approximate surface area is 110 Å². The summed E-state index contributed by atoms with van der Waals surface area (Å²) < 4.78 is 32.5. The van der Waals surface area contributed by atoms with E-state index in [2.05, 4.69) is 0 Å². The highest BCUT2D eigenvalue weighted by atomic mass is 35.7. The Morgan fingerprint density at radius 3 is 2.18 bits per heavy atom. The van der Waals surface area contributed by atoms with Gasteiger partial charge in [-0.05, 0) is 24.0 Å². The van der Waals surface area contributed by atoms with E-state index in [4.69, 9.17) is 20.2 Å². The first-order valence-electron chi connectivity index (χ1n) is 4.62. The summed E-state index contributed by atoms with van der Waals surface area (Å²) in [7, 11) is 4.69. The summed E-state index contributed by atoms with van der Waals surface area (Å²) in [5, 5.41) is 0. The van der Waals surface area contributed by atoms with Crippen molar-refractivity contribution in [2.24, 2.45) is 0 Å². The van der Waals surface area contributed by atoms with Crippen molar-refractivity contribution >= 4 is 31.5 Å². The molecule has 0 aliphatic carbocycles. The third-order valence-corrected chi connectivity index (χ3v) is 3.92. The van der Waals surface area contributed by atoms with Gasteiger partial charge in [-0.1, -0.05) is 0 Å². The van der Waals surface area contributed by atoms with Gasteiger partial charge in [-0.25, -0.2) is 8.42 Å². The van der Waals surface area contributed by atoms with E-state index in [1.165, 1.54) is 26.0 Å². The zero-order chi connectivity index (χ0) is 13.1. The fourth-order valence-electron chi connectivity index (χ4n) is 1.39. The van der Waals surface area contributed by atoms with Gasteiger partial charge in [0.25, 0.3) is 0 Å². The monoisotopic (exact) mass is 296 g/mol. The first-order valence-corrected chi connectivity index (χ1v) is 8.32. The van der Waals surface area contributed by atoms with E-state index in [0.717, 1.165) is 4.90 Å². The second-order valence-electron chi connectivity index (χ2n) is 3.20. The molecule has 0 amide bonds. The van der Waals surface area contributed by atoms with Crippen LogP contribution in [0.1, 0.15) is 5.56 Å². The van der Waals surface area contributed by atoms with Crippen LogP contribution in [0.2, 0.25) is 0 Å². The van der Waals surface area contributed by atoms with Crippen LogP contribution in [-0.4, -0.2) is 28.9 Å². The average Bonchev–Trinajstić information content (AvgIpc) is 2.26. The molecular weight excluding hydrogens is 284 g/mol. The number of halogens is 1. The zero-order valence-electron chi connectivity index (χ0n) is 9.69. The van der Waals surface area contributed by atoms with Crippen LogP contribution in [0.25, 0.3) is 0 Å². The quantitative estimate of drug-likeness (QED) is 0.617. The number of hydrogen-bond acceptors (Lipinski definition) is 5. The van der Waals surface area contributed by atoms with Gasteiger partial charge in [0.2, 0.25) is 9.05 Å². The highest BCUT2D eigenvalue weighted by Gasteiger charge is 2.15. The lowest BCUT2D eigenvalue weighted by Crippen LogP contribution is -1.99. The van der Waals surface area contributed by atoms with E-state index in [1.807, 2.05) is 6.26 Å². The highest BCUT2D eigenvalue weighted by molar-refractivity contribution is 8.13. The maximum atomic E-state index is 11.1. The lowest BCUT2D eigenvalue weighted by molar-refractivity contribution is 0.353. The molecule has 0 aromatic heterocycles. The minimum Gasteiger partial charge on any atom is -0.493 e. The largest absolute Gasteiger partial charge is 0.493 e. The lowest BCUT2D eigenvalue weighted by atomic mass is 10.2. The molecule has 0 bridgehead atoms. The Balaban J connectivity index is 3.28. The smallest absolute Gasteiger partial charge is 0.236 e. The molecular formula is C10H13ClO4S2. The molecule has 1 aromatic carbocycles. The Kier molecular flexibility index (Phi) is 4.97. The fraction of sp³-hybridized carbons (Fsp3) is 0.400. The molecule has 1 aromatic rings. The zero-order valence-corrected chi connectivity index (χ0v) is 12.1. The van der Waals surface area contributed by atoms with Crippen molar-refractivity contribution in [1.29, 1.82) is 0 Å². The van der Waals surface area contributed by atoms with Gasteiger partial charge in [-0.3, -0.25) is 0 Å². The van der Waals surface area contributed by atoms with Gasteiger partial charge >= 0.3 is 0 Å². The average molecular weight is 297 g/mol. The molecule has 0 atom stereocenters. The number of hydrogen-bond donors (Lipinski definition) is 0. The summed E-state index contributed by atoms with van der Waals surface area (Å²) in [6.45, 7) is 0. The Bertz CT molecular complexity index is 499. The van der Waals surface area contributed by atoms with Crippen molar-refractivity contribution in [2.75, 3.05) is 20.5 Å². The molecule has 0 saturated carbocycles. The van der Waals surface area contributed by atoms with Crippen molar-refractivity contribution in [3.8, 4) is 11.5 Å². The standard InChI is InChI=1S/C10H13ClO4S2/c1-14-8-4-7(6-17(11,12)13)10(16-3)5-9(8)15-2/h4-5H,6H2,1-3H3. The van der Waals surface area contributed by atoms with Crippen LogP contribution in [0.5, 0.6) is 11.5 Å². The molecule has 96 valence electrons. The molecule has 0 aliphatic rings. The van der Waals surface area contributed by atoms with E-state index in [9.17, 15) is 8.42 Å². The summed E-state index contributed by atoms with van der Waals surface area (Å²) in [5.41, 5.74) is 0.602. The first kappa shape index (κ1) is 14.5. The molecule has 0 N–H and O–H groups in total. The van der Waals surface area contributed by atoms with Crippen molar-refractivity contribution < 1.29 is 17.9 Å². The van der Waals surface area contributed by atoms with Gasteiger partial charge in [-0.15, -0.1) is 11.8 Å². The van der Waals surface area contributed by atoms with Crippen LogP contribution < -0.4 is 9.47 Å². The van der Waals surface area contributed by atoms with E-state index in [1.54, 1.807) is 12.1 Å². The number of ether oxygens (including phenoxy) is 2. The van der Waals surface area contributed by atoms with Gasteiger partial charge in [0, 0.05) is 15.6 Å². The second kappa shape index (κ2) is 5.84. The molecule has 0 spiro atoms. The third-order valence-electron chi connectivity index (χ3n) is 2.11. The van der Waals surface area contributed by atoms with E-state index < -0.39 is 9.05 Å². The van der Waals surface area contributed by atoms with Crippen molar-refractivity contribution in [2.45, 2.75) is 10.6 Å². The summed E-state index contributed by atoms with van der Waals surface area (Å²) >= 11 is 1.43. The van der Waals surface area contributed by atoms with Gasteiger partial charge in [0.1, 0.15) is 0 Å². The molecule has 4 nitrogen and oxygen atoms in total. The van der Waals surface area contributed by atoms with Crippen LogP contribution in [0.15, 0.2) is 17.0 Å². The van der Waals surface area contributed by atoms with Crippen LogP contribution in [0.4, 0.5) is 0 Å². The van der Waals surface area contributed by atoms with E-state index in [-0.39, 0.29) is 5.75 Å². The normalized spacial score (nSPS) is 11.3. The molecule has 0 saturated heterocycles. The van der Waals surface area contributed by atoms with Crippen LogP contribution in [0.3, 0.4) is 0 Å². The van der Waals surface area contributed by atoms with Crippen molar-refractivity contribution in [1.82, 2.24) is 0 Å². The SMILES string of the molecule is COc1cc(CS(=O)(=O)Cl)c(SC)cc1OC. The minimum atomic E-state index is -3.59. The molecule has 0 heterocycles. The summed E-state index contributed by atoms with van der Waals surface area (Å²) in [6, 6.07) is 3.37. The van der Waals surface area contributed by atoms with Crippen molar-refractivity contribution in [3.63, 3.8) is 0 Å². The van der Waals surface area contributed by atoms with Gasteiger partial charge in [-0.2, -0.15) is 0 Å². The molecule has 0 fully saturated rings. The Morgan fingerprint density at radius 2 is 1.76 bits per heavy atom. The Morgan fingerprint density at radius 1 is 1.24 bits per heavy atom. The fourth-order valence-corrected chi connectivity index (χ4v) is 3.06. The third kappa shape index (κ3) is 3.97. The number of rotatable bonds is 5. The maximum Gasteiger partial charge on any atom is 0.236 e. The predicted molar refractivity (Wildman–Crippen MR) is 69.8 cm³/mol. The highest BCUT2D eigenvalue weighted by Crippen LogP contribution is 2.35. The Hall–Kier alpha value is -0.590. The molecule has 17 heavy (non-hydrogen) atoms. The van der Waals surface area contributed by atoms with Crippen LogP contribution in [-0.2, 0) is 14.8 Å². The number of thioether (sulfide) groups is 1. The molecule has 0 radical (unpaired) electrons. The van der Waals surface area contributed by atoms with Crippen LogP contribution >= 0.6 is 22.4 Å². The summed E-state index contributed by atoms with van der Waals surface area (Å²) in [6.07, 6.45) is 1.85. The number of benzene rings is 1. The van der Waals surface area contributed by atoms with E-state index in [0.29, 0.717) is 17.1 Å². The number of methoxy groups -OCH3 is 2. The lowest BCUT2D eigenvalue weighted by Gasteiger charge is -2.12. The summed E-state index contributed by atoms with van der Waals surface area (Å²) in [5.74, 6) is 0.818. The van der Waals surface area contributed by atoms with Crippen molar-refractivity contribution in [3.05, 3.63) is 17.7 Å². The topological polar surface area (TPSA) is 52.6 Å². The predicted octanol–water partition coefficient (Wildman–Crippen LogP) is 2.49. The van der Waals surface area contributed by atoms with E-state index >= 15 is 0 Å². The van der Waals surface area contributed by atoms with Gasteiger partial charge in [0.05, 0.1) is 20.0 Å². The van der Waals surface area contributed by atoms with Gasteiger partial charge in [0.15, 0.2) is 11.5 Å². The minimum absolute atomic E-state index is 0.231.